The molecule has 0 saturated heterocycles. The Morgan fingerprint density at radius 2 is 1.09 bits per heavy atom. The zero-order valence-corrected chi connectivity index (χ0v) is 17.1. The van der Waals surface area contributed by atoms with E-state index in [1.807, 2.05) is 0 Å². The molecule has 0 aromatic heterocycles. The van der Waals surface area contributed by atoms with Crippen molar-refractivity contribution in [1.29, 1.82) is 0 Å². The minimum atomic E-state index is -4.42. The third-order valence-electron chi connectivity index (χ3n) is 3.92. The molecule has 0 amide bonds. The van der Waals surface area contributed by atoms with Crippen LogP contribution in [0, 0.1) is 0 Å². The van der Waals surface area contributed by atoms with E-state index in [0.717, 1.165) is 55.6 Å². The number of nitrogens with two attached hydrogens (primary N) is 2. The third kappa shape index (κ3) is 8.36. The number of hydrogen-bond acceptors (Lipinski definition) is 5. The molecule has 0 aliphatic rings. The van der Waals surface area contributed by atoms with Crippen LogP contribution in [0.15, 0.2) is 48.5 Å². The van der Waals surface area contributed by atoms with Gasteiger partial charge in [-0.15, -0.1) is 12.4 Å². The number of aliphatic carboxylic acids is 1. The average Bonchev–Trinajstić information content (AvgIpc) is 2.71. The van der Waals surface area contributed by atoms with Gasteiger partial charge in [-0.1, -0.05) is 24.3 Å². The van der Waals surface area contributed by atoms with Crippen LogP contribution >= 0.6 is 12.4 Å². The summed E-state index contributed by atoms with van der Waals surface area (Å²) in [6, 6.07) is 5.42. The summed E-state index contributed by atoms with van der Waals surface area (Å²) < 4.78 is 77.4. The summed E-state index contributed by atoms with van der Waals surface area (Å²) in [7, 11) is 1.16. The largest absolute Gasteiger partial charge is 0.480 e. The highest BCUT2D eigenvalue weighted by atomic mass is 35.5. The number of carbonyl (C=O) groups excluding carboxylic acids is 1. The fourth-order valence-corrected chi connectivity index (χ4v) is 2.16. The van der Waals surface area contributed by atoms with Crippen LogP contribution in [0.1, 0.15) is 34.3 Å². The number of esters is 1. The van der Waals surface area contributed by atoms with Crippen molar-refractivity contribution in [3.05, 3.63) is 70.8 Å². The molecule has 5 N–H and O–H groups in total. The normalized spacial score (nSPS) is 13.0. The zero-order chi connectivity index (χ0) is 24.0. The van der Waals surface area contributed by atoms with Crippen molar-refractivity contribution in [3.63, 3.8) is 0 Å². The number of alkyl halides is 6. The topological polar surface area (TPSA) is 116 Å². The van der Waals surface area contributed by atoms with E-state index in [1.54, 1.807) is 0 Å². The molecule has 0 heterocycles. The van der Waals surface area contributed by atoms with Crippen LogP contribution in [0.25, 0.3) is 0 Å². The Hall–Kier alpha value is -2.83. The first-order chi connectivity index (χ1) is 14.2. The molecule has 0 saturated carbocycles. The Balaban J connectivity index is 0.000000584. The second-order valence-electron chi connectivity index (χ2n) is 6.06. The van der Waals surface area contributed by atoms with E-state index in [0.29, 0.717) is 0 Å². The fourth-order valence-electron chi connectivity index (χ4n) is 2.16. The number of carboxylic acid groups (broad SMARTS) is 1. The maximum absolute atomic E-state index is 12.2. The Bertz CT molecular complexity index is 887. The van der Waals surface area contributed by atoms with E-state index < -0.39 is 47.5 Å². The van der Waals surface area contributed by atoms with Gasteiger partial charge in [0.25, 0.3) is 0 Å². The molecule has 2 rings (SSSR count). The van der Waals surface area contributed by atoms with Gasteiger partial charge in [0.2, 0.25) is 0 Å². The summed E-state index contributed by atoms with van der Waals surface area (Å²) in [5.41, 5.74) is 9.47. The highest BCUT2D eigenvalue weighted by Gasteiger charge is 2.31. The van der Waals surface area contributed by atoms with E-state index >= 15 is 0 Å². The fraction of sp³-hybridized carbons (Fsp3) is 0.263. The molecule has 0 spiro atoms. The molecule has 178 valence electrons. The lowest BCUT2D eigenvalue weighted by molar-refractivity contribution is -0.142. The summed E-state index contributed by atoms with van der Waals surface area (Å²) in [5, 5.41) is 8.52. The first-order valence-electron chi connectivity index (χ1n) is 8.34. The molecular formula is C19H19ClF6N2O4. The second-order valence-corrected chi connectivity index (χ2v) is 6.06. The summed E-state index contributed by atoms with van der Waals surface area (Å²) >= 11 is 0. The van der Waals surface area contributed by atoms with Crippen LogP contribution in [-0.2, 0) is 26.7 Å². The molecule has 13 heteroatoms. The second kappa shape index (κ2) is 11.7. The lowest BCUT2D eigenvalue weighted by atomic mass is 10.1. The highest BCUT2D eigenvalue weighted by molar-refractivity contribution is 5.85. The summed E-state index contributed by atoms with van der Waals surface area (Å²) in [6.07, 6.45) is -8.82. The molecule has 2 unspecified atom stereocenters. The Labute approximate surface area is 184 Å². The van der Waals surface area contributed by atoms with E-state index in [1.165, 1.54) is 0 Å². The number of hydrogen-bond donors (Lipinski definition) is 3. The minimum absolute atomic E-state index is 0. The van der Waals surface area contributed by atoms with Gasteiger partial charge in [-0.3, -0.25) is 9.59 Å². The lowest BCUT2D eigenvalue weighted by Crippen LogP contribution is -2.22. The van der Waals surface area contributed by atoms with Gasteiger partial charge < -0.3 is 21.3 Å². The number of rotatable bonds is 4. The zero-order valence-electron chi connectivity index (χ0n) is 16.3. The SMILES string of the molecule is COC(=O)C(N)c1ccc(C(F)(F)F)cc1.Cl.NC(C(=O)O)c1ccc(C(F)(F)F)cc1. The maximum Gasteiger partial charge on any atom is 0.416 e. The lowest BCUT2D eigenvalue weighted by Gasteiger charge is -2.11. The first-order valence-corrected chi connectivity index (χ1v) is 8.34. The van der Waals surface area contributed by atoms with Crippen LogP contribution in [0.2, 0.25) is 0 Å². The van der Waals surface area contributed by atoms with Crippen molar-refractivity contribution in [2.24, 2.45) is 11.5 Å². The van der Waals surface area contributed by atoms with Gasteiger partial charge in [0.1, 0.15) is 12.1 Å². The summed E-state index contributed by atoms with van der Waals surface area (Å²) in [6.45, 7) is 0. The van der Waals surface area contributed by atoms with Gasteiger partial charge in [0.05, 0.1) is 18.2 Å². The van der Waals surface area contributed by atoms with Gasteiger partial charge >= 0.3 is 24.3 Å². The number of ether oxygens (including phenoxy) is 1. The molecule has 0 aliphatic carbocycles. The number of methoxy groups -OCH3 is 1. The standard InChI is InChI=1S/C10H10F3NO2.C9H8F3NO2.ClH/c1-16-9(15)8(14)6-2-4-7(5-3-6)10(11,12)13;10-9(11,12)6-3-1-5(2-4-6)7(13)8(14)15;/h2-5,8H,14H2,1H3;1-4,7H,13H2,(H,14,15);1H. The predicted octanol–water partition coefficient (Wildman–Crippen LogP) is 4.09. The van der Waals surface area contributed by atoms with Crippen LogP contribution in [0.4, 0.5) is 26.3 Å². The first kappa shape index (κ1) is 29.2. The van der Waals surface area contributed by atoms with Gasteiger partial charge in [0.15, 0.2) is 0 Å². The molecule has 0 bridgehead atoms. The Morgan fingerprint density at radius 3 is 1.34 bits per heavy atom. The summed E-state index contributed by atoms with van der Waals surface area (Å²) in [5.74, 6) is -1.98. The van der Waals surface area contributed by atoms with Crippen LogP contribution in [-0.4, -0.2) is 24.2 Å². The molecule has 2 aromatic rings. The molecule has 0 radical (unpaired) electrons. The Kier molecular flexibility index (Phi) is 10.7. The highest BCUT2D eigenvalue weighted by Crippen LogP contribution is 2.30. The van der Waals surface area contributed by atoms with Crippen molar-refractivity contribution in [2.45, 2.75) is 24.4 Å². The molecule has 2 aromatic carbocycles. The number of benzene rings is 2. The van der Waals surface area contributed by atoms with E-state index in [-0.39, 0.29) is 23.5 Å². The van der Waals surface area contributed by atoms with Crippen molar-refractivity contribution in [1.82, 2.24) is 0 Å². The Morgan fingerprint density at radius 1 is 0.781 bits per heavy atom. The molecule has 32 heavy (non-hydrogen) atoms. The maximum atomic E-state index is 12.2. The van der Waals surface area contributed by atoms with Gasteiger partial charge in [-0.05, 0) is 35.4 Å². The number of carboxylic acids is 1. The van der Waals surface area contributed by atoms with Crippen LogP contribution in [0.5, 0.6) is 0 Å². The smallest absolute Gasteiger partial charge is 0.416 e. The van der Waals surface area contributed by atoms with Crippen LogP contribution in [0.3, 0.4) is 0 Å². The van der Waals surface area contributed by atoms with Crippen molar-refractivity contribution in [3.8, 4) is 0 Å². The van der Waals surface area contributed by atoms with E-state index in [2.05, 4.69) is 4.74 Å². The monoisotopic (exact) mass is 488 g/mol. The van der Waals surface area contributed by atoms with Gasteiger partial charge in [0, 0.05) is 0 Å². The summed E-state index contributed by atoms with van der Waals surface area (Å²) in [4.78, 5) is 21.5. The predicted molar refractivity (Wildman–Crippen MR) is 104 cm³/mol. The van der Waals surface area contributed by atoms with Crippen molar-refractivity contribution < 1.29 is 45.8 Å². The number of carbonyl (C=O) groups is 2. The minimum Gasteiger partial charge on any atom is -0.480 e. The molecule has 6 nitrogen and oxygen atoms in total. The van der Waals surface area contributed by atoms with Gasteiger partial charge in [-0.25, -0.2) is 0 Å². The molecular weight excluding hydrogens is 470 g/mol. The van der Waals surface area contributed by atoms with Crippen LogP contribution < -0.4 is 11.5 Å². The molecule has 2 atom stereocenters. The van der Waals surface area contributed by atoms with E-state index in [9.17, 15) is 35.9 Å². The van der Waals surface area contributed by atoms with E-state index in [4.69, 9.17) is 16.6 Å². The quantitative estimate of drug-likeness (QED) is 0.441. The molecule has 0 aliphatic heterocycles. The average molecular weight is 489 g/mol. The van der Waals surface area contributed by atoms with Crippen molar-refractivity contribution in [2.75, 3.05) is 7.11 Å². The number of halogens is 7. The van der Waals surface area contributed by atoms with Gasteiger partial charge in [-0.2, -0.15) is 26.3 Å². The van der Waals surface area contributed by atoms with Crippen molar-refractivity contribution >= 4 is 24.3 Å². The third-order valence-corrected chi connectivity index (χ3v) is 3.92. The molecule has 0 fully saturated rings.